The van der Waals surface area contributed by atoms with E-state index in [0.717, 1.165) is 0 Å². The van der Waals surface area contributed by atoms with Gasteiger partial charge in [-0.1, -0.05) is 19.9 Å². The maximum absolute atomic E-state index is 12.8. The molecular formula is C21H33N3O4. The second-order valence-corrected chi connectivity index (χ2v) is 7.68. The average Bonchev–Trinajstić information content (AvgIpc) is 2.67. The van der Waals surface area contributed by atoms with Crippen molar-refractivity contribution in [3.8, 4) is 5.75 Å². The van der Waals surface area contributed by atoms with E-state index in [1.54, 1.807) is 29.2 Å². The summed E-state index contributed by atoms with van der Waals surface area (Å²) in [5.41, 5.74) is 5.54. The summed E-state index contributed by atoms with van der Waals surface area (Å²) in [5.74, 6) is 0.202. The minimum absolute atomic E-state index is 0.0333. The highest BCUT2D eigenvalue weighted by Crippen LogP contribution is 2.50. The van der Waals surface area contributed by atoms with Crippen LogP contribution in [0.1, 0.15) is 41.0 Å². The van der Waals surface area contributed by atoms with Crippen LogP contribution in [0.25, 0.3) is 0 Å². The molecule has 1 fully saturated rings. The van der Waals surface area contributed by atoms with E-state index >= 15 is 0 Å². The number of nitrogens with one attached hydrogen (secondary N) is 1. The Balaban J connectivity index is 1.99. The predicted molar refractivity (Wildman–Crippen MR) is 109 cm³/mol. The molecule has 28 heavy (non-hydrogen) atoms. The first-order chi connectivity index (χ1) is 13.2. The summed E-state index contributed by atoms with van der Waals surface area (Å²) < 4.78 is 11.3. The zero-order valence-corrected chi connectivity index (χ0v) is 17.6. The van der Waals surface area contributed by atoms with Gasteiger partial charge in [-0.25, -0.2) is 0 Å². The van der Waals surface area contributed by atoms with Gasteiger partial charge in [-0.3, -0.25) is 9.59 Å². The Kier molecular flexibility index (Phi) is 7.06. The first kappa shape index (κ1) is 22.2. The van der Waals surface area contributed by atoms with Crippen LogP contribution in [0.2, 0.25) is 0 Å². The van der Waals surface area contributed by atoms with Gasteiger partial charge in [-0.2, -0.15) is 0 Å². The second kappa shape index (κ2) is 8.92. The van der Waals surface area contributed by atoms with Crippen LogP contribution in [0.4, 0.5) is 5.69 Å². The predicted octanol–water partition coefficient (Wildman–Crippen LogP) is 2.40. The van der Waals surface area contributed by atoms with Crippen LogP contribution in [0.3, 0.4) is 0 Å². The fourth-order valence-corrected chi connectivity index (χ4v) is 3.54. The van der Waals surface area contributed by atoms with Gasteiger partial charge in [0.05, 0.1) is 6.10 Å². The fraction of sp³-hybridized carbons (Fsp3) is 0.619. The number of amides is 2. The second-order valence-electron chi connectivity index (χ2n) is 7.68. The molecule has 0 bridgehead atoms. The number of carbonyl (C=O) groups excluding carboxylic acids is 2. The molecule has 0 spiro atoms. The normalized spacial score (nSPS) is 22.9. The third-order valence-electron chi connectivity index (χ3n) is 5.81. The van der Waals surface area contributed by atoms with Gasteiger partial charge in [0.2, 0.25) is 5.91 Å². The Morgan fingerprint density at radius 1 is 1.25 bits per heavy atom. The summed E-state index contributed by atoms with van der Waals surface area (Å²) in [7, 11) is 0. The smallest absolute Gasteiger partial charge is 0.260 e. The third-order valence-corrected chi connectivity index (χ3v) is 5.81. The molecule has 156 valence electrons. The van der Waals surface area contributed by atoms with E-state index in [1.807, 2.05) is 34.6 Å². The summed E-state index contributed by atoms with van der Waals surface area (Å²) >= 11 is 0. The molecule has 0 heterocycles. The maximum Gasteiger partial charge on any atom is 0.260 e. The van der Waals surface area contributed by atoms with Gasteiger partial charge >= 0.3 is 0 Å². The fourth-order valence-electron chi connectivity index (χ4n) is 3.54. The highest BCUT2D eigenvalue weighted by Gasteiger charge is 2.62. The number of likely N-dealkylation sites (N-methyl/N-ethyl adjacent to an activating group) is 1. The SMILES string of the molecule is CCOC1CC(N)(C(=O)Nc2cccc(OCC(=O)N(CC)CC)c2)C1(C)C. The van der Waals surface area contributed by atoms with Crippen molar-refractivity contribution < 1.29 is 19.1 Å². The Morgan fingerprint density at radius 2 is 1.93 bits per heavy atom. The first-order valence-electron chi connectivity index (χ1n) is 9.92. The molecule has 1 saturated carbocycles. The Bertz CT molecular complexity index is 703. The van der Waals surface area contributed by atoms with Crippen molar-refractivity contribution in [1.29, 1.82) is 0 Å². The monoisotopic (exact) mass is 391 g/mol. The van der Waals surface area contributed by atoms with Gasteiger partial charge in [0.1, 0.15) is 11.3 Å². The lowest BCUT2D eigenvalue weighted by Crippen LogP contribution is -2.74. The number of ether oxygens (including phenoxy) is 2. The summed E-state index contributed by atoms with van der Waals surface area (Å²) in [5, 5.41) is 2.88. The molecule has 2 rings (SSSR count). The summed E-state index contributed by atoms with van der Waals surface area (Å²) in [6.07, 6.45) is 0.447. The van der Waals surface area contributed by atoms with Crippen LogP contribution in [0.5, 0.6) is 5.75 Å². The highest BCUT2D eigenvalue weighted by atomic mass is 16.5. The van der Waals surface area contributed by atoms with Gasteiger partial charge in [-0.05, 0) is 32.9 Å². The number of carbonyl (C=O) groups is 2. The zero-order chi connectivity index (χ0) is 20.9. The standard InChI is InChI=1S/C21H33N3O4/c1-6-24(7-2)18(25)14-28-16-11-9-10-15(12-16)23-19(26)21(22)13-17(27-8-3)20(21,4)5/h9-12,17H,6-8,13-14,22H2,1-5H3,(H,23,26). The molecular weight excluding hydrogens is 358 g/mol. The van der Waals surface area contributed by atoms with E-state index in [1.165, 1.54) is 0 Å². The molecule has 1 aromatic carbocycles. The van der Waals surface area contributed by atoms with Crippen molar-refractivity contribution in [3.05, 3.63) is 24.3 Å². The summed E-state index contributed by atoms with van der Waals surface area (Å²) in [6.45, 7) is 11.5. The van der Waals surface area contributed by atoms with Crippen LogP contribution in [0, 0.1) is 5.41 Å². The molecule has 3 N–H and O–H groups in total. The molecule has 2 atom stereocenters. The van der Waals surface area contributed by atoms with E-state index in [2.05, 4.69) is 5.32 Å². The van der Waals surface area contributed by atoms with Crippen molar-refractivity contribution in [1.82, 2.24) is 4.90 Å². The number of hydrogen-bond acceptors (Lipinski definition) is 5. The molecule has 0 aliphatic heterocycles. The number of anilines is 1. The van der Waals surface area contributed by atoms with Gasteiger partial charge in [0.25, 0.3) is 5.91 Å². The van der Waals surface area contributed by atoms with E-state index in [9.17, 15) is 9.59 Å². The van der Waals surface area contributed by atoms with Gasteiger partial charge < -0.3 is 25.4 Å². The van der Waals surface area contributed by atoms with Gasteiger partial charge in [-0.15, -0.1) is 0 Å². The van der Waals surface area contributed by atoms with Crippen LogP contribution < -0.4 is 15.8 Å². The number of nitrogens with zero attached hydrogens (tertiary/aromatic N) is 1. The lowest BCUT2D eigenvalue weighted by Gasteiger charge is -2.57. The molecule has 2 unspecified atom stereocenters. The number of rotatable bonds is 9. The zero-order valence-electron chi connectivity index (χ0n) is 17.6. The topological polar surface area (TPSA) is 93.9 Å². The van der Waals surface area contributed by atoms with Crippen LogP contribution in [-0.4, -0.2) is 54.7 Å². The van der Waals surface area contributed by atoms with Gasteiger partial charge in [0.15, 0.2) is 6.61 Å². The first-order valence-corrected chi connectivity index (χ1v) is 9.92. The van der Waals surface area contributed by atoms with Crippen molar-refractivity contribution in [2.75, 3.05) is 31.6 Å². The summed E-state index contributed by atoms with van der Waals surface area (Å²) in [4.78, 5) is 26.6. The van der Waals surface area contributed by atoms with E-state index in [-0.39, 0.29) is 24.5 Å². The highest BCUT2D eigenvalue weighted by molar-refractivity contribution is 5.99. The number of benzene rings is 1. The molecule has 2 amide bonds. The maximum atomic E-state index is 12.8. The van der Waals surface area contributed by atoms with Crippen molar-refractivity contribution >= 4 is 17.5 Å². The molecule has 1 aliphatic carbocycles. The van der Waals surface area contributed by atoms with E-state index in [0.29, 0.717) is 37.6 Å². The van der Waals surface area contributed by atoms with Crippen LogP contribution in [0.15, 0.2) is 24.3 Å². The quantitative estimate of drug-likeness (QED) is 0.674. The minimum Gasteiger partial charge on any atom is -0.484 e. The van der Waals surface area contributed by atoms with E-state index < -0.39 is 11.0 Å². The Hall–Kier alpha value is -2.12. The number of nitrogens with two attached hydrogens (primary N) is 1. The van der Waals surface area contributed by atoms with Crippen LogP contribution >= 0.6 is 0 Å². The molecule has 1 aliphatic rings. The molecule has 0 radical (unpaired) electrons. The molecule has 7 heteroatoms. The summed E-state index contributed by atoms with van der Waals surface area (Å²) in [6, 6.07) is 6.99. The Morgan fingerprint density at radius 3 is 2.50 bits per heavy atom. The lowest BCUT2D eigenvalue weighted by molar-refractivity contribution is -0.166. The van der Waals surface area contributed by atoms with Crippen molar-refractivity contribution in [2.45, 2.75) is 52.7 Å². The van der Waals surface area contributed by atoms with E-state index in [4.69, 9.17) is 15.2 Å². The molecule has 7 nitrogen and oxygen atoms in total. The third kappa shape index (κ3) is 4.31. The molecule has 1 aromatic rings. The number of hydrogen-bond donors (Lipinski definition) is 2. The van der Waals surface area contributed by atoms with Crippen molar-refractivity contribution in [2.24, 2.45) is 11.1 Å². The largest absolute Gasteiger partial charge is 0.484 e. The lowest BCUT2D eigenvalue weighted by atomic mass is 9.54. The van der Waals surface area contributed by atoms with Gasteiger partial charge in [0, 0.05) is 43.3 Å². The average molecular weight is 392 g/mol. The molecule has 0 saturated heterocycles. The van der Waals surface area contributed by atoms with Crippen molar-refractivity contribution in [3.63, 3.8) is 0 Å². The molecule has 0 aromatic heterocycles. The minimum atomic E-state index is -0.998. The Labute approximate surface area is 167 Å². The van der Waals surface area contributed by atoms with Crippen LogP contribution in [-0.2, 0) is 14.3 Å².